The lowest BCUT2D eigenvalue weighted by molar-refractivity contribution is -0.167. The van der Waals surface area contributed by atoms with Crippen LogP contribution in [0.15, 0.2) is 72.9 Å². The molecule has 6 nitrogen and oxygen atoms in total. The molecular formula is C72H128O6. The Morgan fingerprint density at radius 3 is 0.782 bits per heavy atom. The first kappa shape index (κ1) is 74.8. The van der Waals surface area contributed by atoms with Crippen molar-refractivity contribution in [2.24, 2.45) is 0 Å². The number of allylic oxidation sites excluding steroid dienone is 12. The fourth-order valence-electron chi connectivity index (χ4n) is 9.88. The van der Waals surface area contributed by atoms with Gasteiger partial charge in [0.15, 0.2) is 6.10 Å². The van der Waals surface area contributed by atoms with Crippen LogP contribution in [0.3, 0.4) is 0 Å². The normalized spacial score (nSPS) is 12.5. The van der Waals surface area contributed by atoms with Gasteiger partial charge in [-0.05, 0) is 89.9 Å². The van der Waals surface area contributed by atoms with E-state index in [1.807, 2.05) is 0 Å². The standard InChI is InChI=1S/C72H128O6/c1-4-7-10-13-16-19-21-23-25-27-29-31-33-34-35-36-37-38-40-41-43-45-47-49-51-53-56-59-62-65-71(74)77-68-69(67-76-70(73)64-61-58-55-18-15-12-9-6-3)78-72(75)66-63-60-57-54-52-50-48-46-44-42-39-32-30-28-26-24-22-20-17-14-11-8-5-2/h7,10,16,19,22-25,28-31,69H,4-6,8-9,11-15,17-18,20-21,26-27,32-68H2,1-3H3/b10-7-,19-16-,24-22-,25-23-,30-28-,31-29-. The highest BCUT2D eigenvalue weighted by Crippen LogP contribution is 2.17. The maximum Gasteiger partial charge on any atom is 0.306 e. The van der Waals surface area contributed by atoms with E-state index in [0.717, 1.165) is 89.9 Å². The molecule has 0 radical (unpaired) electrons. The summed E-state index contributed by atoms with van der Waals surface area (Å²) in [7, 11) is 0. The van der Waals surface area contributed by atoms with Gasteiger partial charge in [-0.2, -0.15) is 0 Å². The zero-order valence-electron chi connectivity index (χ0n) is 51.9. The van der Waals surface area contributed by atoms with Crippen LogP contribution < -0.4 is 0 Å². The average molecular weight is 1090 g/mol. The van der Waals surface area contributed by atoms with Crippen molar-refractivity contribution in [1.82, 2.24) is 0 Å². The van der Waals surface area contributed by atoms with Gasteiger partial charge in [-0.25, -0.2) is 0 Å². The molecule has 0 saturated carbocycles. The smallest absolute Gasteiger partial charge is 0.306 e. The van der Waals surface area contributed by atoms with E-state index in [1.54, 1.807) is 0 Å². The van der Waals surface area contributed by atoms with Crippen LogP contribution in [-0.2, 0) is 28.6 Å². The van der Waals surface area contributed by atoms with Crippen LogP contribution in [-0.4, -0.2) is 37.2 Å². The van der Waals surface area contributed by atoms with Gasteiger partial charge in [-0.15, -0.1) is 0 Å². The van der Waals surface area contributed by atoms with Crippen LogP contribution in [0.25, 0.3) is 0 Å². The highest BCUT2D eigenvalue weighted by Gasteiger charge is 2.19. The molecule has 0 amide bonds. The molecule has 0 saturated heterocycles. The summed E-state index contributed by atoms with van der Waals surface area (Å²) in [6.07, 6.45) is 86.6. The SMILES string of the molecule is CC/C=C\C/C=C\C/C=C\C/C=C\CCCCCCCCCCCCCCCCCCC(=O)OCC(COC(=O)CCCCCCCCCC)OC(=O)CCCCCCCCCCCCC/C=C\C/C=C\CCCCCCC. The first-order valence-corrected chi connectivity index (χ1v) is 33.9. The van der Waals surface area contributed by atoms with Gasteiger partial charge in [-0.3, -0.25) is 14.4 Å². The topological polar surface area (TPSA) is 78.9 Å². The first-order chi connectivity index (χ1) is 38.5. The Morgan fingerprint density at radius 1 is 0.269 bits per heavy atom. The molecule has 0 aliphatic heterocycles. The molecule has 0 N–H and O–H groups in total. The van der Waals surface area contributed by atoms with Gasteiger partial charge in [0.25, 0.3) is 0 Å². The molecule has 0 aromatic heterocycles. The summed E-state index contributed by atoms with van der Waals surface area (Å²) in [6.45, 7) is 6.53. The number of hydrogen-bond acceptors (Lipinski definition) is 6. The van der Waals surface area contributed by atoms with Crippen molar-refractivity contribution in [2.75, 3.05) is 13.2 Å². The molecule has 1 atom stereocenters. The minimum Gasteiger partial charge on any atom is -0.462 e. The summed E-state index contributed by atoms with van der Waals surface area (Å²) in [4.78, 5) is 38.2. The molecule has 0 fully saturated rings. The maximum atomic E-state index is 12.9. The predicted octanol–water partition coefficient (Wildman–Crippen LogP) is 23.3. The lowest BCUT2D eigenvalue weighted by atomic mass is 10.0. The number of rotatable bonds is 62. The monoisotopic (exact) mass is 1090 g/mol. The summed E-state index contributed by atoms with van der Waals surface area (Å²) in [5.41, 5.74) is 0. The van der Waals surface area contributed by atoms with Gasteiger partial charge in [0, 0.05) is 19.3 Å². The highest BCUT2D eigenvalue weighted by atomic mass is 16.6. The van der Waals surface area contributed by atoms with Gasteiger partial charge in [0.2, 0.25) is 0 Å². The number of ether oxygens (including phenoxy) is 3. The average Bonchev–Trinajstić information content (AvgIpc) is 3.44. The lowest BCUT2D eigenvalue weighted by Crippen LogP contribution is -2.30. The van der Waals surface area contributed by atoms with Gasteiger partial charge in [0.1, 0.15) is 13.2 Å². The van der Waals surface area contributed by atoms with E-state index >= 15 is 0 Å². The summed E-state index contributed by atoms with van der Waals surface area (Å²) in [6, 6.07) is 0. The summed E-state index contributed by atoms with van der Waals surface area (Å²) >= 11 is 0. The summed E-state index contributed by atoms with van der Waals surface area (Å²) < 4.78 is 16.9. The quantitative estimate of drug-likeness (QED) is 0.0261. The molecule has 1 unspecified atom stereocenters. The third kappa shape index (κ3) is 63.7. The Labute approximate surface area is 484 Å². The molecule has 0 rings (SSSR count). The van der Waals surface area contributed by atoms with Crippen LogP contribution in [0.5, 0.6) is 0 Å². The van der Waals surface area contributed by atoms with E-state index in [1.165, 1.54) is 218 Å². The van der Waals surface area contributed by atoms with E-state index < -0.39 is 6.10 Å². The highest BCUT2D eigenvalue weighted by molar-refractivity contribution is 5.71. The summed E-state index contributed by atoms with van der Waals surface area (Å²) in [5.74, 6) is -0.860. The second kappa shape index (κ2) is 66.4. The fraction of sp³-hybridized carbons (Fsp3) is 0.792. The van der Waals surface area contributed by atoms with Crippen molar-refractivity contribution in [2.45, 2.75) is 354 Å². The number of carbonyl (C=O) groups excluding carboxylic acids is 3. The largest absolute Gasteiger partial charge is 0.462 e. The van der Waals surface area contributed by atoms with Gasteiger partial charge >= 0.3 is 17.9 Å². The van der Waals surface area contributed by atoms with Crippen molar-refractivity contribution in [3.63, 3.8) is 0 Å². The molecule has 0 aromatic rings. The molecule has 452 valence electrons. The van der Waals surface area contributed by atoms with E-state index in [0.29, 0.717) is 19.3 Å². The minimum absolute atomic E-state index is 0.0717. The van der Waals surface area contributed by atoms with E-state index in [2.05, 4.69) is 93.7 Å². The van der Waals surface area contributed by atoms with Crippen LogP contribution in [0.4, 0.5) is 0 Å². The van der Waals surface area contributed by atoms with Crippen LogP contribution in [0.2, 0.25) is 0 Å². The molecule has 78 heavy (non-hydrogen) atoms. The van der Waals surface area contributed by atoms with E-state index in [9.17, 15) is 14.4 Å². The lowest BCUT2D eigenvalue weighted by Gasteiger charge is -2.18. The molecule has 0 aromatic carbocycles. The molecular weight excluding hydrogens is 961 g/mol. The second-order valence-electron chi connectivity index (χ2n) is 22.7. The zero-order chi connectivity index (χ0) is 56.4. The molecule has 0 bridgehead atoms. The predicted molar refractivity (Wildman–Crippen MR) is 339 cm³/mol. The molecule has 0 spiro atoms. The number of hydrogen-bond donors (Lipinski definition) is 0. The van der Waals surface area contributed by atoms with Crippen molar-refractivity contribution in [3.05, 3.63) is 72.9 Å². The van der Waals surface area contributed by atoms with Crippen molar-refractivity contribution >= 4 is 17.9 Å². The minimum atomic E-state index is -0.773. The molecule has 0 heterocycles. The zero-order valence-corrected chi connectivity index (χ0v) is 51.9. The second-order valence-corrected chi connectivity index (χ2v) is 22.7. The maximum absolute atomic E-state index is 12.9. The van der Waals surface area contributed by atoms with Gasteiger partial charge in [-0.1, -0.05) is 312 Å². The van der Waals surface area contributed by atoms with E-state index in [-0.39, 0.29) is 31.1 Å². The van der Waals surface area contributed by atoms with Gasteiger partial charge < -0.3 is 14.2 Å². The molecule has 0 aliphatic carbocycles. The fourth-order valence-corrected chi connectivity index (χ4v) is 9.88. The Hall–Kier alpha value is -3.15. The molecule has 6 heteroatoms. The van der Waals surface area contributed by atoms with E-state index in [4.69, 9.17) is 14.2 Å². The van der Waals surface area contributed by atoms with Crippen molar-refractivity contribution < 1.29 is 28.6 Å². The van der Waals surface area contributed by atoms with Crippen molar-refractivity contribution in [1.29, 1.82) is 0 Å². The third-order valence-electron chi connectivity index (χ3n) is 14.9. The Morgan fingerprint density at radius 2 is 0.500 bits per heavy atom. The van der Waals surface area contributed by atoms with Crippen LogP contribution in [0.1, 0.15) is 348 Å². The first-order valence-electron chi connectivity index (χ1n) is 33.9. The Kier molecular flexibility index (Phi) is 63.7. The van der Waals surface area contributed by atoms with Gasteiger partial charge in [0.05, 0.1) is 0 Å². The number of unbranched alkanes of at least 4 members (excludes halogenated alkanes) is 39. The number of carbonyl (C=O) groups is 3. The molecule has 0 aliphatic rings. The van der Waals surface area contributed by atoms with Crippen LogP contribution >= 0.6 is 0 Å². The van der Waals surface area contributed by atoms with Crippen molar-refractivity contribution in [3.8, 4) is 0 Å². The Bertz CT molecular complexity index is 1440. The van der Waals surface area contributed by atoms with Crippen LogP contribution in [0, 0.1) is 0 Å². The third-order valence-corrected chi connectivity index (χ3v) is 14.9. The summed E-state index contributed by atoms with van der Waals surface area (Å²) in [5, 5.41) is 0. The number of esters is 3. The Balaban J connectivity index is 4.10.